The second-order valence-electron chi connectivity index (χ2n) is 4.77. The van der Waals surface area contributed by atoms with E-state index in [2.05, 4.69) is 10.6 Å². The summed E-state index contributed by atoms with van der Waals surface area (Å²) in [6, 6.07) is 13.7. The smallest absolute Gasteiger partial charge is 0.325 e. The van der Waals surface area contributed by atoms with Gasteiger partial charge in [0.05, 0.1) is 0 Å². The topological polar surface area (TPSA) is 84.5 Å². The maximum Gasteiger partial charge on any atom is 0.325 e. The SMILES string of the molecule is O=C(COC(=O)CNC(=O)c1cccc(F)c1)Nc1ccccc1. The second-order valence-corrected chi connectivity index (χ2v) is 4.77. The van der Waals surface area contributed by atoms with E-state index in [1.807, 2.05) is 0 Å². The Bertz CT molecular complexity index is 734. The number of halogens is 1. The fraction of sp³-hybridized carbons (Fsp3) is 0.118. The van der Waals surface area contributed by atoms with Gasteiger partial charge in [-0.05, 0) is 30.3 Å². The molecular formula is C17H15FN2O4. The molecule has 0 saturated carbocycles. The van der Waals surface area contributed by atoms with Crippen molar-refractivity contribution in [1.82, 2.24) is 5.32 Å². The summed E-state index contributed by atoms with van der Waals surface area (Å²) in [4.78, 5) is 34.8. The zero-order chi connectivity index (χ0) is 17.4. The van der Waals surface area contributed by atoms with E-state index >= 15 is 0 Å². The molecule has 0 unspecified atom stereocenters. The Labute approximate surface area is 137 Å². The largest absolute Gasteiger partial charge is 0.454 e. The highest BCUT2D eigenvalue weighted by Crippen LogP contribution is 2.04. The first kappa shape index (κ1) is 17.1. The van der Waals surface area contributed by atoms with Crippen molar-refractivity contribution < 1.29 is 23.5 Å². The first-order valence-corrected chi connectivity index (χ1v) is 7.09. The molecule has 0 aromatic heterocycles. The zero-order valence-electron chi connectivity index (χ0n) is 12.6. The monoisotopic (exact) mass is 330 g/mol. The minimum absolute atomic E-state index is 0.0876. The maximum atomic E-state index is 13.0. The van der Waals surface area contributed by atoms with Crippen LogP contribution in [-0.2, 0) is 14.3 Å². The highest BCUT2D eigenvalue weighted by atomic mass is 19.1. The molecule has 0 saturated heterocycles. The summed E-state index contributed by atoms with van der Waals surface area (Å²) in [7, 11) is 0. The van der Waals surface area contributed by atoms with Gasteiger partial charge in [-0.15, -0.1) is 0 Å². The Morgan fingerprint density at radius 1 is 1.00 bits per heavy atom. The van der Waals surface area contributed by atoms with Gasteiger partial charge in [0, 0.05) is 11.3 Å². The van der Waals surface area contributed by atoms with Crippen LogP contribution in [0.4, 0.5) is 10.1 Å². The number of esters is 1. The van der Waals surface area contributed by atoms with Crippen LogP contribution >= 0.6 is 0 Å². The van der Waals surface area contributed by atoms with E-state index in [1.165, 1.54) is 18.2 Å². The van der Waals surface area contributed by atoms with Gasteiger partial charge < -0.3 is 15.4 Å². The summed E-state index contributed by atoms with van der Waals surface area (Å²) >= 11 is 0. The van der Waals surface area contributed by atoms with E-state index in [0.717, 1.165) is 6.07 Å². The van der Waals surface area contributed by atoms with Crippen molar-refractivity contribution in [3.63, 3.8) is 0 Å². The molecule has 0 atom stereocenters. The van der Waals surface area contributed by atoms with Crippen LogP contribution in [0.3, 0.4) is 0 Å². The summed E-state index contributed by atoms with van der Waals surface area (Å²) in [6.45, 7) is -0.891. The summed E-state index contributed by atoms with van der Waals surface area (Å²) in [5, 5.41) is 4.84. The molecule has 2 amide bonds. The van der Waals surface area contributed by atoms with Crippen molar-refractivity contribution in [2.75, 3.05) is 18.5 Å². The Hall–Kier alpha value is -3.22. The number of amides is 2. The highest BCUT2D eigenvalue weighted by Gasteiger charge is 2.11. The Morgan fingerprint density at radius 2 is 1.75 bits per heavy atom. The first-order valence-electron chi connectivity index (χ1n) is 7.09. The molecule has 6 nitrogen and oxygen atoms in total. The van der Waals surface area contributed by atoms with Crippen molar-refractivity contribution in [2.45, 2.75) is 0 Å². The molecule has 0 spiro atoms. The van der Waals surface area contributed by atoms with E-state index in [-0.39, 0.29) is 5.56 Å². The quantitative estimate of drug-likeness (QED) is 0.790. The third-order valence-corrected chi connectivity index (χ3v) is 2.90. The standard InChI is InChI=1S/C17H15FN2O4/c18-13-6-4-5-12(9-13)17(23)19-10-16(22)24-11-15(21)20-14-7-2-1-3-8-14/h1-9H,10-11H2,(H,19,23)(H,20,21). The lowest BCUT2D eigenvalue weighted by Crippen LogP contribution is -2.32. The van der Waals surface area contributed by atoms with Crippen LogP contribution in [0.15, 0.2) is 54.6 Å². The van der Waals surface area contributed by atoms with Crippen molar-refractivity contribution in [3.8, 4) is 0 Å². The van der Waals surface area contributed by atoms with Gasteiger partial charge in [-0.2, -0.15) is 0 Å². The molecule has 124 valence electrons. The number of benzene rings is 2. The van der Waals surface area contributed by atoms with Gasteiger partial charge in [0.25, 0.3) is 11.8 Å². The number of anilines is 1. The third-order valence-electron chi connectivity index (χ3n) is 2.90. The molecule has 2 aromatic rings. The highest BCUT2D eigenvalue weighted by molar-refractivity contribution is 5.96. The molecule has 0 aliphatic carbocycles. The van der Waals surface area contributed by atoms with Crippen molar-refractivity contribution in [3.05, 3.63) is 66.0 Å². The number of nitrogens with one attached hydrogen (secondary N) is 2. The predicted molar refractivity (Wildman–Crippen MR) is 84.8 cm³/mol. The lowest BCUT2D eigenvalue weighted by molar-refractivity contribution is -0.146. The normalized spacial score (nSPS) is 9.88. The Kier molecular flexibility index (Phi) is 6.01. The molecule has 0 bridgehead atoms. The van der Waals surface area contributed by atoms with Gasteiger partial charge in [-0.3, -0.25) is 14.4 Å². The van der Waals surface area contributed by atoms with Crippen molar-refractivity contribution >= 4 is 23.5 Å². The van der Waals surface area contributed by atoms with Crippen molar-refractivity contribution in [1.29, 1.82) is 0 Å². The summed E-state index contributed by atoms with van der Waals surface area (Å²) in [5.41, 5.74) is 0.669. The van der Waals surface area contributed by atoms with Gasteiger partial charge in [-0.1, -0.05) is 24.3 Å². The van der Waals surface area contributed by atoms with Crippen LogP contribution < -0.4 is 10.6 Å². The number of carbonyl (C=O) groups excluding carboxylic acids is 3. The molecule has 0 fully saturated rings. The molecule has 0 aliphatic rings. The summed E-state index contributed by atoms with van der Waals surface area (Å²) < 4.78 is 17.7. The van der Waals surface area contributed by atoms with E-state index in [1.54, 1.807) is 30.3 Å². The Morgan fingerprint density at radius 3 is 2.46 bits per heavy atom. The van der Waals surface area contributed by atoms with Gasteiger partial charge in [-0.25, -0.2) is 4.39 Å². The van der Waals surface area contributed by atoms with E-state index in [0.29, 0.717) is 5.69 Å². The molecule has 0 radical (unpaired) electrons. The van der Waals surface area contributed by atoms with Crippen LogP contribution in [-0.4, -0.2) is 30.9 Å². The number of hydrogen-bond donors (Lipinski definition) is 2. The molecule has 0 aliphatic heterocycles. The molecule has 2 N–H and O–H groups in total. The van der Waals surface area contributed by atoms with E-state index in [9.17, 15) is 18.8 Å². The number of para-hydroxylation sites is 1. The number of rotatable bonds is 6. The van der Waals surface area contributed by atoms with Gasteiger partial charge >= 0.3 is 5.97 Å². The van der Waals surface area contributed by atoms with E-state index in [4.69, 9.17) is 4.74 Å². The van der Waals surface area contributed by atoms with Crippen LogP contribution in [0.25, 0.3) is 0 Å². The minimum atomic E-state index is -0.775. The second kappa shape index (κ2) is 8.42. The molecule has 2 aromatic carbocycles. The summed E-state index contributed by atoms with van der Waals surface area (Å²) in [6.07, 6.45) is 0. The lowest BCUT2D eigenvalue weighted by Gasteiger charge is -2.07. The van der Waals surface area contributed by atoms with Crippen LogP contribution in [0, 0.1) is 5.82 Å². The molecule has 7 heteroatoms. The molecule has 0 heterocycles. The molecule has 24 heavy (non-hydrogen) atoms. The Balaban J connectivity index is 1.71. The lowest BCUT2D eigenvalue weighted by atomic mass is 10.2. The summed E-state index contributed by atoms with van der Waals surface area (Å²) in [5.74, 6) is -2.43. The number of carbonyl (C=O) groups is 3. The van der Waals surface area contributed by atoms with Crippen molar-refractivity contribution in [2.24, 2.45) is 0 Å². The van der Waals surface area contributed by atoms with Crippen LogP contribution in [0.5, 0.6) is 0 Å². The first-order chi connectivity index (χ1) is 11.5. The van der Waals surface area contributed by atoms with Gasteiger partial charge in [0.2, 0.25) is 0 Å². The molecule has 2 rings (SSSR count). The van der Waals surface area contributed by atoms with Crippen LogP contribution in [0.2, 0.25) is 0 Å². The number of hydrogen-bond acceptors (Lipinski definition) is 4. The predicted octanol–water partition coefficient (Wildman–Crippen LogP) is 1.74. The van der Waals surface area contributed by atoms with Crippen LogP contribution in [0.1, 0.15) is 10.4 Å². The fourth-order valence-electron chi connectivity index (χ4n) is 1.80. The van der Waals surface area contributed by atoms with E-state index < -0.39 is 36.8 Å². The zero-order valence-corrected chi connectivity index (χ0v) is 12.6. The number of ether oxygens (including phenoxy) is 1. The fourth-order valence-corrected chi connectivity index (χ4v) is 1.80. The average molecular weight is 330 g/mol. The van der Waals surface area contributed by atoms with Gasteiger partial charge in [0.15, 0.2) is 6.61 Å². The maximum absolute atomic E-state index is 13.0. The third kappa shape index (κ3) is 5.53. The average Bonchev–Trinajstić information content (AvgIpc) is 2.58. The molecular weight excluding hydrogens is 315 g/mol. The minimum Gasteiger partial charge on any atom is -0.454 e. The van der Waals surface area contributed by atoms with Gasteiger partial charge in [0.1, 0.15) is 12.4 Å².